The van der Waals surface area contributed by atoms with Crippen LogP contribution in [0.3, 0.4) is 0 Å². The van der Waals surface area contributed by atoms with Gasteiger partial charge in [0.25, 0.3) is 10.2 Å². The molecule has 0 bridgehead atoms. The van der Waals surface area contributed by atoms with Crippen LogP contribution in [0.25, 0.3) is 0 Å². The zero-order chi connectivity index (χ0) is 12.9. The van der Waals surface area contributed by atoms with E-state index in [2.05, 4.69) is 4.72 Å². The highest BCUT2D eigenvalue weighted by atomic mass is 32.2. The molecule has 0 aromatic rings. The van der Waals surface area contributed by atoms with Crippen LogP contribution < -0.4 is 4.72 Å². The van der Waals surface area contributed by atoms with Gasteiger partial charge < -0.3 is 5.11 Å². The number of hydrogen-bond acceptors (Lipinski definition) is 4. The Bertz CT molecular complexity index is 352. The summed E-state index contributed by atoms with van der Waals surface area (Å²) in [4.78, 5) is 10.9. The lowest BCUT2D eigenvalue weighted by atomic mass is 10.2. The van der Waals surface area contributed by atoms with Crippen molar-refractivity contribution < 1.29 is 18.3 Å². The number of nitrogens with zero attached hydrogens (tertiary/aromatic N) is 1. The summed E-state index contributed by atoms with van der Waals surface area (Å²) in [6.07, 6.45) is 3.82. The summed E-state index contributed by atoms with van der Waals surface area (Å²) in [5.41, 5.74) is 0. The van der Waals surface area contributed by atoms with E-state index in [-0.39, 0.29) is 0 Å². The van der Waals surface area contributed by atoms with Crippen LogP contribution in [0.15, 0.2) is 0 Å². The van der Waals surface area contributed by atoms with Crippen molar-refractivity contribution >= 4 is 27.9 Å². The topological polar surface area (TPSA) is 86.7 Å². The summed E-state index contributed by atoms with van der Waals surface area (Å²) in [5.74, 6) is -0.513. The second-order valence-electron chi connectivity index (χ2n) is 3.90. The van der Waals surface area contributed by atoms with Crippen LogP contribution in [-0.2, 0) is 15.0 Å². The summed E-state index contributed by atoms with van der Waals surface area (Å²) in [6.45, 7) is 0.953. The molecule has 8 heteroatoms. The van der Waals surface area contributed by atoms with E-state index < -0.39 is 22.2 Å². The van der Waals surface area contributed by atoms with E-state index in [0.717, 1.165) is 12.8 Å². The van der Waals surface area contributed by atoms with Gasteiger partial charge >= 0.3 is 5.97 Å². The second-order valence-corrected chi connectivity index (χ2v) is 6.59. The van der Waals surface area contributed by atoms with Gasteiger partial charge in [-0.2, -0.15) is 29.2 Å². The molecule has 0 aromatic heterocycles. The van der Waals surface area contributed by atoms with Gasteiger partial charge in [0.1, 0.15) is 6.04 Å². The number of hydrogen-bond donors (Lipinski definition) is 2. The molecule has 0 saturated carbocycles. The summed E-state index contributed by atoms with van der Waals surface area (Å²) in [7, 11) is -3.64. The van der Waals surface area contributed by atoms with Crippen molar-refractivity contribution in [1.29, 1.82) is 0 Å². The molecule has 0 spiro atoms. The van der Waals surface area contributed by atoms with E-state index in [4.69, 9.17) is 5.11 Å². The molecule has 0 radical (unpaired) electrons. The van der Waals surface area contributed by atoms with E-state index in [0.29, 0.717) is 25.3 Å². The largest absolute Gasteiger partial charge is 0.480 e. The van der Waals surface area contributed by atoms with Gasteiger partial charge in [0.2, 0.25) is 0 Å². The monoisotopic (exact) mass is 282 g/mol. The van der Waals surface area contributed by atoms with Crippen molar-refractivity contribution in [3.63, 3.8) is 0 Å². The molecular weight excluding hydrogens is 264 g/mol. The maximum absolute atomic E-state index is 11.9. The van der Waals surface area contributed by atoms with Crippen molar-refractivity contribution in [3.05, 3.63) is 0 Å². The minimum atomic E-state index is -3.64. The first-order valence-corrected chi connectivity index (χ1v) is 8.30. The number of carbonyl (C=O) groups is 1. The molecule has 1 rings (SSSR count). The van der Waals surface area contributed by atoms with Crippen LogP contribution in [0.5, 0.6) is 0 Å². The quantitative estimate of drug-likeness (QED) is 0.693. The average Bonchev–Trinajstić information content (AvgIpc) is 2.77. The van der Waals surface area contributed by atoms with Crippen molar-refractivity contribution in [2.45, 2.75) is 25.3 Å². The zero-order valence-corrected chi connectivity index (χ0v) is 11.4. The van der Waals surface area contributed by atoms with Crippen molar-refractivity contribution in [3.8, 4) is 0 Å². The Morgan fingerprint density at radius 2 is 2.06 bits per heavy atom. The molecule has 1 aliphatic heterocycles. The van der Waals surface area contributed by atoms with Crippen molar-refractivity contribution in [2.24, 2.45) is 0 Å². The molecule has 1 aliphatic rings. The Labute approximate surface area is 106 Å². The SMILES string of the molecule is CSCCC(NS(=O)(=O)N1CCCC1)C(=O)O. The maximum atomic E-state index is 11.9. The first kappa shape index (κ1) is 14.7. The highest BCUT2D eigenvalue weighted by molar-refractivity contribution is 7.98. The number of rotatable bonds is 7. The number of thioether (sulfide) groups is 1. The summed E-state index contributed by atoms with van der Waals surface area (Å²) in [5, 5.41) is 8.95. The molecule has 1 heterocycles. The highest BCUT2D eigenvalue weighted by Crippen LogP contribution is 2.12. The fourth-order valence-electron chi connectivity index (χ4n) is 1.65. The molecule has 1 saturated heterocycles. The van der Waals surface area contributed by atoms with Gasteiger partial charge in [-0.25, -0.2) is 0 Å². The van der Waals surface area contributed by atoms with E-state index in [1.165, 1.54) is 16.1 Å². The Kier molecular flexibility index (Phi) is 5.71. The Morgan fingerprint density at radius 1 is 1.47 bits per heavy atom. The van der Waals surface area contributed by atoms with E-state index in [9.17, 15) is 13.2 Å². The molecule has 1 unspecified atom stereocenters. The molecule has 0 amide bonds. The molecule has 1 atom stereocenters. The van der Waals surface area contributed by atoms with Crippen LogP contribution in [0.1, 0.15) is 19.3 Å². The minimum absolute atomic E-state index is 0.295. The predicted molar refractivity (Wildman–Crippen MR) is 67.3 cm³/mol. The highest BCUT2D eigenvalue weighted by Gasteiger charge is 2.30. The zero-order valence-electron chi connectivity index (χ0n) is 9.76. The first-order chi connectivity index (χ1) is 7.97. The fraction of sp³-hybridized carbons (Fsp3) is 0.889. The third-order valence-electron chi connectivity index (χ3n) is 2.60. The fourth-order valence-corrected chi connectivity index (χ4v) is 3.59. The van der Waals surface area contributed by atoms with Crippen LogP contribution in [-0.4, -0.2) is 54.9 Å². The molecule has 1 fully saturated rings. The molecule has 100 valence electrons. The Balaban J connectivity index is 2.61. The van der Waals surface area contributed by atoms with Gasteiger partial charge in [-0.05, 0) is 31.3 Å². The maximum Gasteiger partial charge on any atom is 0.321 e. The van der Waals surface area contributed by atoms with Crippen LogP contribution in [0, 0.1) is 0 Å². The van der Waals surface area contributed by atoms with Crippen LogP contribution in [0.2, 0.25) is 0 Å². The first-order valence-electron chi connectivity index (χ1n) is 5.46. The molecule has 2 N–H and O–H groups in total. The van der Waals surface area contributed by atoms with Crippen molar-refractivity contribution in [2.75, 3.05) is 25.1 Å². The van der Waals surface area contributed by atoms with E-state index in [1.54, 1.807) is 0 Å². The summed E-state index contributed by atoms with van der Waals surface area (Å²) in [6, 6.07) is -1.03. The normalized spacial score (nSPS) is 19.4. The summed E-state index contributed by atoms with van der Waals surface area (Å²) >= 11 is 1.49. The number of carboxylic acid groups (broad SMARTS) is 1. The second kappa shape index (κ2) is 6.58. The molecule has 6 nitrogen and oxygen atoms in total. The van der Waals surface area contributed by atoms with E-state index in [1.807, 2.05) is 6.26 Å². The van der Waals surface area contributed by atoms with Gasteiger partial charge in [0.05, 0.1) is 0 Å². The predicted octanol–water partition coefficient (Wildman–Crippen LogP) is 0.123. The van der Waals surface area contributed by atoms with E-state index >= 15 is 0 Å². The molecule has 0 aromatic carbocycles. The van der Waals surface area contributed by atoms with Gasteiger partial charge in [0, 0.05) is 13.1 Å². The number of carboxylic acids is 1. The molecule has 0 aliphatic carbocycles. The number of aliphatic carboxylic acids is 1. The molecule has 17 heavy (non-hydrogen) atoms. The third kappa shape index (κ3) is 4.46. The van der Waals surface area contributed by atoms with Crippen LogP contribution in [0.4, 0.5) is 0 Å². The Morgan fingerprint density at radius 3 is 2.53 bits per heavy atom. The number of nitrogens with one attached hydrogen (secondary N) is 1. The smallest absolute Gasteiger partial charge is 0.321 e. The standard InChI is InChI=1S/C9H18N2O4S2/c1-16-7-4-8(9(12)13)10-17(14,15)11-5-2-3-6-11/h8,10H,2-7H2,1H3,(H,12,13). The van der Waals surface area contributed by atoms with Gasteiger partial charge in [-0.3, -0.25) is 4.79 Å². The lowest BCUT2D eigenvalue weighted by Gasteiger charge is -2.20. The third-order valence-corrected chi connectivity index (χ3v) is 4.88. The van der Waals surface area contributed by atoms with Crippen LogP contribution >= 0.6 is 11.8 Å². The average molecular weight is 282 g/mol. The lowest BCUT2D eigenvalue weighted by molar-refractivity contribution is -0.139. The lowest BCUT2D eigenvalue weighted by Crippen LogP contribution is -2.47. The summed E-state index contributed by atoms with van der Waals surface area (Å²) < 4.78 is 27.3. The van der Waals surface area contributed by atoms with Gasteiger partial charge in [-0.1, -0.05) is 0 Å². The van der Waals surface area contributed by atoms with Gasteiger partial charge in [-0.15, -0.1) is 0 Å². The minimum Gasteiger partial charge on any atom is -0.480 e. The van der Waals surface area contributed by atoms with Crippen molar-refractivity contribution in [1.82, 2.24) is 9.03 Å². The molecular formula is C9H18N2O4S2. The Hall–Kier alpha value is -0.310. The van der Waals surface area contributed by atoms with Gasteiger partial charge in [0.15, 0.2) is 0 Å².